The SMILES string of the molecule is CCS[C@@H]1O[C@H](COCc2ccccc2)[C@H](O)[C@H](OCc2ccccc2)[C@H]1OCc1ccccc1. The van der Waals surface area contributed by atoms with Crippen LogP contribution in [-0.4, -0.2) is 47.3 Å². The normalized spacial score (nSPS) is 24.3. The lowest BCUT2D eigenvalue weighted by Crippen LogP contribution is -2.59. The molecule has 1 aliphatic rings. The van der Waals surface area contributed by atoms with Crippen LogP contribution in [0.25, 0.3) is 0 Å². The van der Waals surface area contributed by atoms with E-state index in [-0.39, 0.29) is 12.0 Å². The molecule has 1 heterocycles. The first-order chi connectivity index (χ1) is 17.2. The third-order valence-corrected chi connectivity index (χ3v) is 6.95. The fourth-order valence-electron chi connectivity index (χ4n) is 4.09. The van der Waals surface area contributed by atoms with Crippen molar-refractivity contribution in [1.29, 1.82) is 0 Å². The highest BCUT2D eigenvalue weighted by Crippen LogP contribution is 2.33. The molecule has 1 N–H and O–H groups in total. The summed E-state index contributed by atoms with van der Waals surface area (Å²) in [7, 11) is 0. The molecule has 0 saturated carbocycles. The number of rotatable bonds is 12. The van der Waals surface area contributed by atoms with Gasteiger partial charge in [0.25, 0.3) is 0 Å². The Morgan fingerprint density at radius 1 is 0.714 bits per heavy atom. The van der Waals surface area contributed by atoms with Gasteiger partial charge in [0, 0.05) is 0 Å². The van der Waals surface area contributed by atoms with Gasteiger partial charge in [0.1, 0.15) is 29.9 Å². The number of benzene rings is 3. The summed E-state index contributed by atoms with van der Waals surface area (Å²) in [6.07, 6.45) is -2.38. The van der Waals surface area contributed by atoms with Crippen LogP contribution >= 0.6 is 11.8 Å². The molecule has 5 atom stereocenters. The number of ether oxygens (including phenoxy) is 4. The molecule has 1 aliphatic heterocycles. The van der Waals surface area contributed by atoms with E-state index in [1.165, 1.54) is 0 Å². The van der Waals surface area contributed by atoms with Crippen LogP contribution in [0.4, 0.5) is 0 Å². The molecule has 3 aromatic rings. The molecule has 0 aromatic heterocycles. The third kappa shape index (κ3) is 7.64. The van der Waals surface area contributed by atoms with Crippen LogP contribution in [0.2, 0.25) is 0 Å². The van der Waals surface area contributed by atoms with E-state index in [4.69, 9.17) is 18.9 Å². The second kappa shape index (κ2) is 13.8. The molecule has 0 radical (unpaired) electrons. The van der Waals surface area contributed by atoms with Gasteiger partial charge in [0.15, 0.2) is 0 Å². The summed E-state index contributed by atoms with van der Waals surface area (Å²) in [5, 5.41) is 11.3. The number of hydrogen-bond acceptors (Lipinski definition) is 6. The maximum absolute atomic E-state index is 11.3. The molecule has 0 amide bonds. The number of thioether (sulfide) groups is 1. The average Bonchev–Trinajstić information content (AvgIpc) is 2.90. The summed E-state index contributed by atoms with van der Waals surface area (Å²) in [6.45, 7) is 3.63. The highest BCUT2D eigenvalue weighted by atomic mass is 32.2. The standard InChI is InChI=1S/C29H34O5S/c1-2-35-29-28(33-20-24-16-10-5-11-17-24)27(32-19-23-14-8-4-9-15-23)26(30)25(34-29)21-31-18-22-12-6-3-7-13-22/h3-17,25-30H,2,18-21H2,1H3/t25-,26+,27+,28-,29+/m1/s1. The molecule has 1 fully saturated rings. The zero-order chi connectivity index (χ0) is 24.3. The zero-order valence-corrected chi connectivity index (χ0v) is 20.9. The zero-order valence-electron chi connectivity index (χ0n) is 20.1. The topological polar surface area (TPSA) is 57.2 Å². The highest BCUT2D eigenvalue weighted by molar-refractivity contribution is 7.99. The predicted octanol–water partition coefficient (Wildman–Crippen LogP) is 5.21. The van der Waals surface area contributed by atoms with Crippen LogP contribution in [0.3, 0.4) is 0 Å². The highest BCUT2D eigenvalue weighted by Gasteiger charge is 2.47. The molecule has 5 nitrogen and oxygen atoms in total. The minimum absolute atomic E-state index is 0.271. The van der Waals surface area contributed by atoms with Gasteiger partial charge in [-0.15, -0.1) is 11.8 Å². The van der Waals surface area contributed by atoms with Crippen LogP contribution in [0.15, 0.2) is 91.0 Å². The third-order valence-electron chi connectivity index (χ3n) is 5.91. The fourth-order valence-corrected chi connectivity index (χ4v) is 5.07. The van der Waals surface area contributed by atoms with E-state index >= 15 is 0 Å². The van der Waals surface area contributed by atoms with E-state index in [1.54, 1.807) is 11.8 Å². The van der Waals surface area contributed by atoms with Gasteiger partial charge in [-0.2, -0.15) is 0 Å². The average molecular weight is 495 g/mol. The van der Waals surface area contributed by atoms with E-state index < -0.39 is 24.4 Å². The van der Waals surface area contributed by atoms with E-state index in [0.29, 0.717) is 19.8 Å². The number of aliphatic hydroxyl groups excluding tert-OH is 1. The van der Waals surface area contributed by atoms with Crippen molar-refractivity contribution >= 4 is 11.8 Å². The summed E-state index contributed by atoms with van der Waals surface area (Å²) in [4.78, 5) is 0. The first-order valence-corrected chi connectivity index (χ1v) is 13.2. The van der Waals surface area contributed by atoms with Crippen molar-refractivity contribution in [3.05, 3.63) is 108 Å². The number of hydrogen-bond donors (Lipinski definition) is 1. The number of aliphatic hydroxyl groups is 1. The Labute approximate surface area is 212 Å². The predicted molar refractivity (Wildman–Crippen MR) is 139 cm³/mol. The molecule has 186 valence electrons. The summed E-state index contributed by atoms with van der Waals surface area (Å²) >= 11 is 1.66. The van der Waals surface area contributed by atoms with E-state index in [0.717, 1.165) is 22.4 Å². The minimum Gasteiger partial charge on any atom is -0.387 e. The second-order valence-corrected chi connectivity index (χ2v) is 9.89. The van der Waals surface area contributed by atoms with Crippen LogP contribution in [-0.2, 0) is 38.8 Å². The summed E-state index contributed by atoms with van der Waals surface area (Å²) < 4.78 is 25.0. The van der Waals surface area contributed by atoms with E-state index in [9.17, 15) is 5.11 Å². The van der Waals surface area contributed by atoms with Gasteiger partial charge in [-0.3, -0.25) is 0 Å². The molecule has 0 bridgehead atoms. The molecule has 1 saturated heterocycles. The Bertz CT molecular complexity index is 972. The van der Waals surface area contributed by atoms with E-state index in [2.05, 4.69) is 6.92 Å². The summed E-state index contributed by atoms with van der Waals surface area (Å²) in [5.41, 5.74) is 2.92. The molecule has 4 rings (SSSR count). The molecule has 0 spiro atoms. The lowest BCUT2D eigenvalue weighted by molar-refractivity contribution is -0.240. The van der Waals surface area contributed by atoms with Gasteiger partial charge in [-0.1, -0.05) is 97.9 Å². The van der Waals surface area contributed by atoms with Crippen LogP contribution in [0.1, 0.15) is 23.6 Å². The maximum atomic E-state index is 11.3. The van der Waals surface area contributed by atoms with Crippen molar-refractivity contribution < 1.29 is 24.1 Å². The van der Waals surface area contributed by atoms with Gasteiger partial charge < -0.3 is 24.1 Å². The Morgan fingerprint density at radius 3 is 1.71 bits per heavy atom. The Kier molecular flexibility index (Phi) is 10.2. The second-order valence-electron chi connectivity index (χ2n) is 8.51. The lowest BCUT2D eigenvalue weighted by atomic mass is 9.99. The monoisotopic (exact) mass is 494 g/mol. The first-order valence-electron chi connectivity index (χ1n) is 12.1. The van der Waals surface area contributed by atoms with Crippen LogP contribution in [0, 0.1) is 0 Å². The quantitative estimate of drug-likeness (QED) is 0.373. The molecular formula is C29H34O5S. The Hall–Kier alpha value is -2.19. The molecular weight excluding hydrogens is 460 g/mol. The van der Waals surface area contributed by atoms with Gasteiger partial charge >= 0.3 is 0 Å². The van der Waals surface area contributed by atoms with Crippen molar-refractivity contribution in [2.24, 2.45) is 0 Å². The van der Waals surface area contributed by atoms with Crippen molar-refractivity contribution in [2.45, 2.75) is 56.6 Å². The van der Waals surface area contributed by atoms with Gasteiger partial charge in [-0.25, -0.2) is 0 Å². The molecule has 35 heavy (non-hydrogen) atoms. The lowest BCUT2D eigenvalue weighted by Gasteiger charge is -2.44. The fraction of sp³-hybridized carbons (Fsp3) is 0.379. The van der Waals surface area contributed by atoms with E-state index in [1.807, 2.05) is 91.0 Å². The van der Waals surface area contributed by atoms with Gasteiger partial charge in [-0.05, 0) is 22.4 Å². The Balaban J connectivity index is 1.47. The summed E-state index contributed by atoms with van der Waals surface area (Å²) in [6, 6.07) is 30.0. The largest absolute Gasteiger partial charge is 0.387 e. The molecule has 0 unspecified atom stereocenters. The first kappa shape index (κ1) is 25.9. The smallest absolute Gasteiger partial charge is 0.132 e. The van der Waals surface area contributed by atoms with Crippen molar-refractivity contribution in [1.82, 2.24) is 0 Å². The molecule has 3 aromatic carbocycles. The van der Waals surface area contributed by atoms with Crippen LogP contribution < -0.4 is 0 Å². The van der Waals surface area contributed by atoms with Crippen LogP contribution in [0.5, 0.6) is 0 Å². The molecule has 6 heteroatoms. The van der Waals surface area contributed by atoms with Crippen molar-refractivity contribution in [3.8, 4) is 0 Å². The van der Waals surface area contributed by atoms with Crippen molar-refractivity contribution in [3.63, 3.8) is 0 Å². The van der Waals surface area contributed by atoms with Gasteiger partial charge in [0.2, 0.25) is 0 Å². The summed E-state index contributed by atoms with van der Waals surface area (Å²) in [5.74, 6) is 0.856. The minimum atomic E-state index is -0.885. The maximum Gasteiger partial charge on any atom is 0.132 e. The van der Waals surface area contributed by atoms with Gasteiger partial charge in [0.05, 0.1) is 26.4 Å². The molecule has 0 aliphatic carbocycles. The van der Waals surface area contributed by atoms with Crippen molar-refractivity contribution in [2.75, 3.05) is 12.4 Å². The Morgan fingerprint density at radius 2 is 1.20 bits per heavy atom.